The molecule has 1 amide bonds. The first-order valence-electron chi connectivity index (χ1n) is 8.61. The number of nitrogens with one attached hydrogen (secondary N) is 1. The fourth-order valence-corrected chi connectivity index (χ4v) is 2.12. The Balaban J connectivity index is 4.89. The van der Waals surface area contributed by atoms with E-state index in [-0.39, 0.29) is 11.3 Å². The van der Waals surface area contributed by atoms with Crippen LogP contribution in [0.25, 0.3) is 0 Å². The molecular weight excluding hydrogens is 324 g/mol. The topological polar surface area (TPSA) is 108 Å². The Morgan fingerprint density at radius 2 is 1.52 bits per heavy atom. The summed E-state index contributed by atoms with van der Waals surface area (Å²) in [6, 6.07) is -1.87. The van der Waals surface area contributed by atoms with Gasteiger partial charge in [-0.3, -0.25) is 0 Å². The van der Waals surface area contributed by atoms with Crippen LogP contribution in [0.3, 0.4) is 0 Å². The minimum absolute atomic E-state index is 0.103. The maximum Gasteiger partial charge on any atom is 0.408 e. The molecule has 7 nitrogen and oxygen atoms in total. The minimum Gasteiger partial charge on any atom is -0.444 e. The van der Waals surface area contributed by atoms with E-state index in [4.69, 9.17) is 15.2 Å². The highest BCUT2D eigenvalue weighted by atomic mass is 16.6. The lowest BCUT2D eigenvalue weighted by atomic mass is 9.88. The summed E-state index contributed by atoms with van der Waals surface area (Å²) in [5, 5.41) is 2.47. The fraction of sp³-hybridized carbons (Fsp3) is 0.833. The molecule has 0 aromatic rings. The fourth-order valence-electron chi connectivity index (χ4n) is 2.12. The molecule has 0 heterocycles. The number of esters is 2. The third kappa shape index (κ3) is 11.5. The normalized spacial score (nSPS) is 14.6. The van der Waals surface area contributed by atoms with Gasteiger partial charge in [0.05, 0.1) is 0 Å². The van der Waals surface area contributed by atoms with Crippen LogP contribution in [0.4, 0.5) is 4.79 Å². The molecule has 0 fully saturated rings. The molecule has 3 N–H and O–H groups in total. The number of hydrogen-bond donors (Lipinski definition) is 2. The summed E-state index contributed by atoms with van der Waals surface area (Å²) in [4.78, 5) is 36.2. The van der Waals surface area contributed by atoms with Gasteiger partial charge in [0.1, 0.15) is 17.7 Å². The quantitative estimate of drug-likeness (QED) is 0.558. The van der Waals surface area contributed by atoms with Crippen LogP contribution >= 0.6 is 0 Å². The summed E-state index contributed by atoms with van der Waals surface area (Å²) in [6.45, 7) is 14.8. The van der Waals surface area contributed by atoms with Crippen LogP contribution < -0.4 is 11.1 Å². The monoisotopic (exact) mass is 358 g/mol. The highest BCUT2D eigenvalue weighted by Gasteiger charge is 2.30. The average molecular weight is 358 g/mol. The molecule has 0 aromatic carbocycles. The van der Waals surface area contributed by atoms with Crippen molar-refractivity contribution in [3.8, 4) is 0 Å². The number of rotatable bonds is 6. The van der Waals surface area contributed by atoms with Gasteiger partial charge in [-0.25, -0.2) is 14.4 Å². The number of amides is 1. The first kappa shape index (κ1) is 23.4. The molecule has 2 atom stereocenters. The highest BCUT2D eigenvalue weighted by molar-refractivity contribution is 5.92. The molecule has 0 unspecified atom stereocenters. The first-order valence-corrected chi connectivity index (χ1v) is 8.61. The second-order valence-corrected chi connectivity index (χ2v) is 8.94. The molecule has 0 aliphatic heterocycles. The van der Waals surface area contributed by atoms with Crippen molar-refractivity contribution in [2.75, 3.05) is 0 Å². The molecule has 0 aromatic heterocycles. The van der Waals surface area contributed by atoms with Gasteiger partial charge in [0.15, 0.2) is 0 Å². The molecule has 0 aliphatic carbocycles. The maximum absolute atomic E-state index is 12.3. The Hall–Kier alpha value is -1.63. The summed E-state index contributed by atoms with van der Waals surface area (Å²) >= 11 is 0. The average Bonchev–Trinajstić information content (AvgIpc) is 2.32. The molecule has 0 bridgehead atoms. The molecule has 0 saturated heterocycles. The van der Waals surface area contributed by atoms with Gasteiger partial charge in [0.2, 0.25) is 0 Å². The van der Waals surface area contributed by atoms with E-state index in [1.54, 1.807) is 20.8 Å². The number of nitrogens with two attached hydrogens (primary N) is 1. The number of ether oxygens (including phenoxy) is 2. The third-order valence-corrected chi connectivity index (χ3v) is 3.02. The van der Waals surface area contributed by atoms with Crippen molar-refractivity contribution in [1.29, 1.82) is 0 Å². The van der Waals surface area contributed by atoms with Crippen LogP contribution in [0.1, 0.15) is 68.2 Å². The van der Waals surface area contributed by atoms with Crippen molar-refractivity contribution < 1.29 is 23.9 Å². The molecule has 0 rings (SSSR count). The lowest BCUT2D eigenvalue weighted by Gasteiger charge is -2.24. The van der Waals surface area contributed by atoms with Gasteiger partial charge in [0.25, 0.3) is 0 Å². The van der Waals surface area contributed by atoms with Crippen LogP contribution in [0.15, 0.2) is 0 Å². The van der Waals surface area contributed by atoms with E-state index in [0.29, 0.717) is 12.8 Å². The highest BCUT2D eigenvalue weighted by Crippen LogP contribution is 2.20. The van der Waals surface area contributed by atoms with Gasteiger partial charge in [-0.2, -0.15) is 0 Å². The summed E-state index contributed by atoms with van der Waals surface area (Å²) in [6.07, 6.45) is -0.0330. The van der Waals surface area contributed by atoms with Gasteiger partial charge in [0, 0.05) is 0 Å². The Morgan fingerprint density at radius 3 is 1.92 bits per heavy atom. The predicted octanol–water partition coefficient (Wildman–Crippen LogP) is 2.76. The predicted molar refractivity (Wildman–Crippen MR) is 95.8 cm³/mol. The molecule has 0 radical (unpaired) electrons. The van der Waals surface area contributed by atoms with Crippen molar-refractivity contribution in [1.82, 2.24) is 5.32 Å². The molecule has 146 valence electrons. The summed E-state index contributed by atoms with van der Waals surface area (Å²) < 4.78 is 10.0. The lowest BCUT2D eigenvalue weighted by Crippen LogP contribution is -2.47. The second-order valence-electron chi connectivity index (χ2n) is 8.94. The molecule has 0 spiro atoms. The number of carbonyl (C=O) groups excluding carboxylic acids is 3. The number of carbonyl (C=O) groups is 3. The molecular formula is C18H34N2O5. The van der Waals surface area contributed by atoms with Crippen LogP contribution in [0, 0.1) is 11.3 Å². The Labute approximate surface area is 151 Å². The van der Waals surface area contributed by atoms with Gasteiger partial charge in [-0.05, 0) is 44.9 Å². The minimum atomic E-state index is -0.972. The van der Waals surface area contributed by atoms with E-state index >= 15 is 0 Å². The van der Waals surface area contributed by atoms with Gasteiger partial charge in [-0.15, -0.1) is 0 Å². The van der Waals surface area contributed by atoms with Gasteiger partial charge >= 0.3 is 18.0 Å². The number of hydrogen-bond acceptors (Lipinski definition) is 6. The van der Waals surface area contributed by atoms with Crippen molar-refractivity contribution in [3.05, 3.63) is 0 Å². The smallest absolute Gasteiger partial charge is 0.408 e. The van der Waals surface area contributed by atoms with Crippen LogP contribution in [-0.2, 0) is 19.1 Å². The van der Waals surface area contributed by atoms with Crippen molar-refractivity contribution >= 4 is 18.0 Å². The summed E-state index contributed by atoms with van der Waals surface area (Å²) in [7, 11) is 0. The zero-order valence-electron chi connectivity index (χ0n) is 16.8. The summed E-state index contributed by atoms with van der Waals surface area (Å²) in [5.74, 6) is -1.51. The Kier molecular flexibility index (Phi) is 8.58. The molecule has 0 aliphatic rings. The standard InChI is InChI=1S/C18H34N2O5/c1-11(2)9-13(20-16(23)25-18(6,7)8)15(22)24-14(21)12(19)10-17(3,4)5/h11-13H,9-10,19H2,1-8H3,(H,20,23)/t12-,13+/m0/s1. The Bertz CT molecular complexity index is 475. The van der Waals surface area contributed by atoms with E-state index in [1.807, 2.05) is 34.6 Å². The molecule has 25 heavy (non-hydrogen) atoms. The first-order chi connectivity index (χ1) is 11.1. The van der Waals surface area contributed by atoms with Crippen molar-refractivity contribution in [2.24, 2.45) is 17.1 Å². The molecule has 0 saturated carbocycles. The van der Waals surface area contributed by atoms with E-state index in [9.17, 15) is 14.4 Å². The maximum atomic E-state index is 12.3. The Morgan fingerprint density at radius 1 is 1.00 bits per heavy atom. The third-order valence-electron chi connectivity index (χ3n) is 3.02. The van der Waals surface area contributed by atoms with E-state index in [2.05, 4.69) is 5.32 Å². The zero-order valence-corrected chi connectivity index (χ0v) is 16.8. The van der Waals surface area contributed by atoms with E-state index < -0.39 is 35.7 Å². The number of alkyl carbamates (subject to hydrolysis) is 1. The van der Waals surface area contributed by atoms with E-state index in [1.165, 1.54) is 0 Å². The lowest BCUT2D eigenvalue weighted by molar-refractivity contribution is -0.162. The van der Waals surface area contributed by atoms with Crippen LogP contribution in [0.5, 0.6) is 0 Å². The van der Waals surface area contributed by atoms with Gasteiger partial charge < -0.3 is 20.5 Å². The van der Waals surface area contributed by atoms with Gasteiger partial charge in [-0.1, -0.05) is 34.6 Å². The van der Waals surface area contributed by atoms with Crippen molar-refractivity contribution in [2.45, 2.75) is 85.9 Å². The van der Waals surface area contributed by atoms with E-state index in [0.717, 1.165) is 0 Å². The largest absolute Gasteiger partial charge is 0.444 e. The van der Waals surface area contributed by atoms with Crippen molar-refractivity contribution in [3.63, 3.8) is 0 Å². The molecule has 7 heteroatoms. The SMILES string of the molecule is CC(C)C[C@@H](NC(=O)OC(C)(C)C)C(=O)OC(=O)[C@@H](N)CC(C)(C)C. The zero-order chi connectivity index (χ0) is 20.0. The van der Waals surface area contributed by atoms with Crippen LogP contribution in [0.2, 0.25) is 0 Å². The summed E-state index contributed by atoms with van der Waals surface area (Å²) in [5.41, 5.74) is 4.93. The second kappa shape index (κ2) is 9.17. The van der Waals surface area contributed by atoms with Crippen LogP contribution in [-0.4, -0.2) is 35.7 Å².